The van der Waals surface area contributed by atoms with Crippen molar-refractivity contribution in [2.24, 2.45) is 5.73 Å². The number of rotatable bonds is 7. The molecule has 0 saturated carbocycles. The van der Waals surface area contributed by atoms with Gasteiger partial charge < -0.3 is 15.2 Å². The van der Waals surface area contributed by atoms with E-state index in [0.717, 1.165) is 37.9 Å². The number of hydrogen-bond donors (Lipinski definition) is 1. The van der Waals surface area contributed by atoms with Crippen molar-refractivity contribution in [3.05, 3.63) is 29.6 Å². The molecular weight excluding hydrogens is 257 g/mol. The van der Waals surface area contributed by atoms with Gasteiger partial charge in [0.15, 0.2) is 11.6 Å². The highest BCUT2D eigenvalue weighted by atomic mass is 19.1. The Morgan fingerprint density at radius 3 is 3.00 bits per heavy atom. The second kappa shape index (κ2) is 7.60. The van der Waals surface area contributed by atoms with Gasteiger partial charge in [-0.1, -0.05) is 13.0 Å². The summed E-state index contributed by atoms with van der Waals surface area (Å²) in [4.78, 5) is 0. The van der Waals surface area contributed by atoms with Gasteiger partial charge in [-0.15, -0.1) is 0 Å². The molecule has 2 atom stereocenters. The van der Waals surface area contributed by atoms with Crippen LogP contribution in [-0.4, -0.2) is 25.4 Å². The Kier molecular flexibility index (Phi) is 5.80. The Balaban J connectivity index is 1.82. The predicted octanol–water partition coefficient (Wildman–Crippen LogP) is 3.05. The molecule has 112 valence electrons. The molecular formula is C16H24FNO2. The summed E-state index contributed by atoms with van der Waals surface area (Å²) in [6.07, 6.45) is 4.89. The monoisotopic (exact) mass is 281 g/mol. The topological polar surface area (TPSA) is 44.5 Å². The SMILES string of the molecule is CCC(N)Cc1ccc(OCCC2CCCO2)c(F)c1. The molecule has 1 aromatic carbocycles. The van der Waals surface area contributed by atoms with Gasteiger partial charge >= 0.3 is 0 Å². The number of ether oxygens (including phenoxy) is 2. The van der Waals surface area contributed by atoms with Crippen LogP contribution in [0.2, 0.25) is 0 Å². The fourth-order valence-corrected chi connectivity index (χ4v) is 2.41. The third-order valence-electron chi connectivity index (χ3n) is 3.74. The van der Waals surface area contributed by atoms with Crippen molar-refractivity contribution in [3.63, 3.8) is 0 Å². The second-order valence-corrected chi connectivity index (χ2v) is 5.41. The van der Waals surface area contributed by atoms with Crippen LogP contribution in [0.5, 0.6) is 5.75 Å². The van der Waals surface area contributed by atoms with Crippen molar-refractivity contribution in [1.29, 1.82) is 0 Å². The van der Waals surface area contributed by atoms with Crippen LogP contribution in [0.15, 0.2) is 18.2 Å². The van der Waals surface area contributed by atoms with Gasteiger partial charge in [-0.25, -0.2) is 4.39 Å². The molecule has 0 aliphatic carbocycles. The van der Waals surface area contributed by atoms with Crippen LogP contribution in [0.1, 0.15) is 38.2 Å². The van der Waals surface area contributed by atoms with Crippen molar-refractivity contribution in [2.75, 3.05) is 13.2 Å². The van der Waals surface area contributed by atoms with E-state index in [1.54, 1.807) is 6.07 Å². The molecule has 3 nitrogen and oxygen atoms in total. The summed E-state index contributed by atoms with van der Waals surface area (Å²) in [7, 11) is 0. The Morgan fingerprint density at radius 2 is 2.35 bits per heavy atom. The normalized spacial score (nSPS) is 20.1. The molecule has 1 aliphatic rings. The summed E-state index contributed by atoms with van der Waals surface area (Å²) in [6.45, 7) is 3.37. The Morgan fingerprint density at radius 1 is 1.50 bits per heavy atom. The van der Waals surface area contributed by atoms with Crippen LogP contribution in [-0.2, 0) is 11.2 Å². The average Bonchev–Trinajstić information content (AvgIpc) is 2.94. The number of halogens is 1. The molecule has 1 aromatic rings. The fourth-order valence-electron chi connectivity index (χ4n) is 2.41. The molecule has 2 N–H and O–H groups in total. The van der Waals surface area contributed by atoms with Gasteiger partial charge in [0.1, 0.15) is 0 Å². The van der Waals surface area contributed by atoms with Crippen molar-refractivity contribution in [1.82, 2.24) is 0 Å². The summed E-state index contributed by atoms with van der Waals surface area (Å²) >= 11 is 0. The summed E-state index contributed by atoms with van der Waals surface area (Å²) < 4.78 is 24.9. The van der Waals surface area contributed by atoms with Gasteiger partial charge in [0.25, 0.3) is 0 Å². The standard InChI is InChI=1S/C16H24FNO2/c1-2-13(18)10-12-5-6-16(15(17)11-12)20-9-7-14-4-3-8-19-14/h5-6,11,13-14H,2-4,7-10,18H2,1H3. The highest BCUT2D eigenvalue weighted by Gasteiger charge is 2.15. The van der Waals surface area contributed by atoms with Crippen LogP contribution in [0, 0.1) is 5.82 Å². The first-order valence-corrected chi connectivity index (χ1v) is 7.47. The van der Waals surface area contributed by atoms with Gasteiger partial charge in [0.05, 0.1) is 12.7 Å². The molecule has 1 saturated heterocycles. The van der Waals surface area contributed by atoms with E-state index >= 15 is 0 Å². The maximum atomic E-state index is 13.9. The molecule has 0 radical (unpaired) electrons. The third-order valence-corrected chi connectivity index (χ3v) is 3.74. The molecule has 4 heteroatoms. The van der Waals surface area contributed by atoms with Gasteiger partial charge in [0, 0.05) is 19.1 Å². The molecule has 20 heavy (non-hydrogen) atoms. The van der Waals surface area contributed by atoms with E-state index in [0.29, 0.717) is 18.8 Å². The van der Waals surface area contributed by atoms with E-state index in [9.17, 15) is 4.39 Å². The maximum Gasteiger partial charge on any atom is 0.165 e. The van der Waals surface area contributed by atoms with Crippen LogP contribution in [0.25, 0.3) is 0 Å². The first-order chi connectivity index (χ1) is 9.69. The van der Waals surface area contributed by atoms with Crippen molar-refractivity contribution in [3.8, 4) is 5.75 Å². The van der Waals surface area contributed by atoms with E-state index in [1.165, 1.54) is 6.07 Å². The number of hydrogen-bond acceptors (Lipinski definition) is 3. The van der Waals surface area contributed by atoms with E-state index < -0.39 is 0 Å². The summed E-state index contributed by atoms with van der Waals surface area (Å²) in [6, 6.07) is 5.19. The van der Waals surface area contributed by atoms with E-state index in [4.69, 9.17) is 15.2 Å². The number of nitrogens with two attached hydrogens (primary N) is 1. The molecule has 0 aromatic heterocycles. The van der Waals surface area contributed by atoms with Gasteiger partial charge in [0.2, 0.25) is 0 Å². The zero-order valence-electron chi connectivity index (χ0n) is 12.1. The van der Waals surface area contributed by atoms with Crippen molar-refractivity contribution >= 4 is 0 Å². The van der Waals surface area contributed by atoms with E-state index in [2.05, 4.69) is 0 Å². The van der Waals surface area contributed by atoms with E-state index in [1.807, 2.05) is 13.0 Å². The summed E-state index contributed by atoms with van der Waals surface area (Å²) in [5, 5.41) is 0. The molecule has 0 bridgehead atoms. The third kappa shape index (κ3) is 4.46. The second-order valence-electron chi connectivity index (χ2n) is 5.41. The first-order valence-electron chi connectivity index (χ1n) is 7.47. The largest absolute Gasteiger partial charge is 0.490 e. The Labute approximate surface area is 120 Å². The molecule has 1 aliphatic heterocycles. The smallest absolute Gasteiger partial charge is 0.165 e. The van der Waals surface area contributed by atoms with Crippen molar-refractivity contribution < 1.29 is 13.9 Å². The lowest BCUT2D eigenvalue weighted by molar-refractivity contribution is 0.0897. The zero-order chi connectivity index (χ0) is 14.4. The highest BCUT2D eigenvalue weighted by molar-refractivity contribution is 5.29. The lowest BCUT2D eigenvalue weighted by atomic mass is 10.0. The highest BCUT2D eigenvalue weighted by Crippen LogP contribution is 2.21. The lowest BCUT2D eigenvalue weighted by Gasteiger charge is -2.13. The van der Waals surface area contributed by atoms with Gasteiger partial charge in [-0.05, 0) is 43.4 Å². The van der Waals surface area contributed by atoms with Gasteiger partial charge in [-0.2, -0.15) is 0 Å². The van der Waals surface area contributed by atoms with Crippen molar-refractivity contribution in [2.45, 2.75) is 51.2 Å². The summed E-state index contributed by atoms with van der Waals surface area (Å²) in [5.74, 6) is 0.00922. The molecule has 1 heterocycles. The number of benzene rings is 1. The molecule has 0 spiro atoms. The van der Waals surface area contributed by atoms with Crippen LogP contribution in [0.4, 0.5) is 4.39 Å². The zero-order valence-corrected chi connectivity index (χ0v) is 12.1. The molecule has 2 unspecified atom stereocenters. The minimum atomic E-state index is -0.307. The maximum absolute atomic E-state index is 13.9. The molecule has 0 amide bonds. The minimum Gasteiger partial charge on any atom is -0.490 e. The quantitative estimate of drug-likeness (QED) is 0.835. The fraction of sp³-hybridized carbons (Fsp3) is 0.625. The Bertz CT molecular complexity index is 419. The summed E-state index contributed by atoms with van der Waals surface area (Å²) in [5.41, 5.74) is 6.80. The predicted molar refractivity (Wildman–Crippen MR) is 77.5 cm³/mol. The van der Waals surface area contributed by atoms with Crippen LogP contribution in [0.3, 0.4) is 0 Å². The lowest BCUT2D eigenvalue weighted by Crippen LogP contribution is -2.21. The minimum absolute atomic E-state index is 0.0840. The van der Waals surface area contributed by atoms with Gasteiger partial charge in [-0.3, -0.25) is 0 Å². The molecule has 1 fully saturated rings. The Hall–Kier alpha value is -1.13. The van der Waals surface area contributed by atoms with Crippen LogP contribution < -0.4 is 10.5 Å². The average molecular weight is 281 g/mol. The van der Waals surface area contributed by atoms with E-state index in [-0.39, 0.29) is 18.0 Å². The molecule has 2 rings (SSSR count). The first kappa shape index (κ1) is 15.3. The van der Waals surface area contributed by atoms with Crippen LogP contribution >= 0.6 is 0 Å².